The van der Waals surface area contributed by atoms with Crippen molar-refractivity contribution in [2.75, 3.05) is 0 Å². The van der Waals surface area contributed by atoms with Crippen LogP contribution in [-0.4, -0.2) is 10.8 Å². The van der Waals surface area contributed by atoms with Crippen molar-refractivity contribution in [3.63, 3.8) is 0 Å². The molecule has 1 aromatic heterocycles. The van der Waals surface area contributed by atoms with Crippen LogP contribution in [0.1, 0.15) is 43.0 Å². The van der Waals surface area contributed by atoms with E-state index >= 15 is 0 Å². The molecule has 0 atom stereocenters. The topological polar surface area (TPSA) is 30.0 Å². The summed E-state index contributed by atoms with van der Waals surface area (Å²) in [5, 5.41) is 0. The first-order valence-corrected chi connectivity index (χ1v) is 5.71. The Kier molecular flexibility index (Phi) is 3.14. The fraction of sp³-hybridized carbons (Fsp3) is 0.538. The minimum atomic E-state index is 0.253. The summed E-state index contributed by atoms with van der Waals surface area (Å²) in [6.45, 7) is 2.27. The average Bonchev–Trinajstić information content (AvgIpc) is 2.30. The molecule has 0 unspecified atom stereocenters. The molecule has 0 saturated heterocycles. The Hall–Kier alpha value is -1.18. The van der Waals surface area contributed by atoms with Gasteiger partial charge in [0.1, 0.15) is 0 Å². The van der Waals surface area contributed by atoms with Gasteiger partial charge in [0.25, 0.3) is 0 Å². The third kappa shape index (κ3) is 2.44. The molecule has 0 aromatic carbocycles. The van der Waals surface area contributed by atoms with Crippen LogP contribution in [0.15, 0.2) is 24.5 Å². The summed E-state index contributed by atoms with van der Waals surface area (Å²) in [7, 11) is 0. The number of aromatic nitrogens is 1. The Morgan fingerprint density at radius 3 is 2.40 bits per heavy atom. The molecule has 0 bridgehead atoms. The smallest absolute Gasteiger partial charge is 0.166 e. The molecule has 2 nitrogen and oxygen atoms in total. The SMILES string of the molecule is CC1CCC(C(=O)c2ccncc2)CC1. The maximum absolute atomic E-state index is 12.1. The first-order chi connectivity index (χ1) is 7.27. The van der Waals surface area contributed by atoms with E-state index in [1.54, 1.807) is 12.4 Å². The van der Waals surface area contributed by atoms with Gasteiger partial charge in [-0.2, -0.15) is 0 Å². The Labute approximate surface area is 90.7 Å². The second-order valence-corrected chi connectivity index (χ2v) is 4.56. The monoisotopic (exact) mass is 203 g/mol. The maximum atomic E-state index is 12.1. The van der Waals surface area contributed by atoms with E-state index in [0.29, 0.717) is 5.78 Å². The first-order valence-electron chi connectivity index (χ1n) is 5.71. The van der Waals surface area contributed by atoms with Gasteiger partial charge in [0.15, 0.2) is 5.78 Å². The Morgan fingerprint density at radius 1 is 1.20 bits per heavy atom. The number of hydrogen-bond acceptors (Lipinski definition) is 2. The van der Waals surface area contributed by atoms with Crippen molar-refractivity contribution in [1.82, 2.24) is 4.98 Å². The molecule has 1 saturated carbocycles. The number of hydrogen-bond donors (Lipinski definition) is 0. The van der Waals surface area contributed by atoms with Crippen LogP contribution in [0.2, 0.25) is 0 Å². The van der Waals surface area contributed by atoms with E-state index in [4.69, 9.17) is 0 Å². The van der Waals surface area contributed by atoms with Crippen molar-refractivity contribution in [1.29, 1.82) is 0 Å². The quantitative estimate of drug-likeness (QED) is 0.691. The summed E-state index contributed by atoms with van der Waals surface area (Å²) in [6, 6.07) is 3.64. The van der Waals surface area contributed by atoms with Crippen molar-refractivity contribution in [2.24, 2.45) is 11.8 Å². The van der Waals surface area contributed by atoms with Crippen LogP contribution in [0, 0.1) is 11.8 Å². The normalized spacial score (nSPS) is 26.2. The van der Waals surface area contributed by atoms with Crippen molar-refractivity contribution < 1.29 is 4.79 Å². The molecule has 80 valence electrons. The van der Waals surface area contributed by atoms with Crippen LogP contribution in [0.5, 0.6) is 0 Å². The summed E-state index contributed by atoms with van der Waals surface area (Å²) in [5.74, 6) is 1.36. The number of ketones is 1. The number of Topliss-reactive ketones (excluding diaryl/α,β-unsaturated/α-hetero) is 1. The molecular formula is C13H17NO. The fourth-order valence-corrected chi connectivity index (χ4v) is 2.27. The summed E-state index contributed by atoms with van der Waals surface area (Å²) < 4.78 is 0. The first kappa shape index (κ1) is 10.3. The summed E-state index contributed by atoms with van der Waals surface area (Å²) in [5.41, 5.74) is 0.824. The van der Waals surface area contributed by atoms with Crippen molar-refractivity contribution in [3.05, 3.63) is 30.1 Å². The molecule has 1 heterocycles. The minimum absolute atomic E-state index is 0.253. The maximum Gasteiger partial charge on any atom is 0.166 e. The molecule has 1 fully saturated rings. The highest BCUT2D eigenvalue weighted by Crippen LogP contribution is 2.30. The molecule has 0 radical (unpaired) electrons. The lowest BCUT2D eigenvalue weighted by molar-refractivity contribution is 0.0875. The lowest BCUT2D eigenvalue weighted by atomic mass is 9.79. The van der Waals surface area contributed by atoms with E-state index in [-0.39, 0.29) is 5.92 Å². The molecule has 2 rings (SSSR count). The molecular weight excluding hydrogens is 186 g/mol. The van der Waals surface area contributed by atoms with Crippen LogP contribution in [0.3, 0.4) is 0 Å². The zero-order valence-electron chi connectivity index (χ0n) is 9.15. The Bertz CT molecular complexity index is 326. The zero-order chi connectivity index (χ0) is 10.7. The van der Waals surface area contributed by atoms with Gasteiger partial charge < -0.3 is 0 Å². The van der Waals surface area contributed by atoms with Gasteiger partial charge in [-0.25, -0.2) is 0 Å². The molecule has 0 aliphatic heterocycles. The lowest BCUT2D eigenvalue weighted by Crippen LogP contribution is -2.20. The highest BCUT2D eigenvalue weighted by molar-refractivity contribution is 5.97. The molecule has 1 aliphatic rings. The second kappa shape index (κ2) is 4.56. The van der Waals surface area contributed by atoms with E-state index in [1.807, 2.05) is 12.1 Å². The number of carbonyl (C=O) groups excluding carboxylic acids is 1. The van der Waals surface area contributed by atoms with Gasteiger partial charge in [0, 0.05) is 23.9 Å². The van der Waals surface area contributed by atoms with Gasteiger partial charge in [0.2, 0.25) is 0 Å². The summed E-state index contributed by atoms with van der Waals surface area (Å²) in [4.78, 5) is 16.0. The van der Waals surface area contributed by atoms with E-state index < -0.39 is 0 Å². The fourth-order valence-electron chi connectivity index (χ4n) is 2.27. The largest absolute Gasteiger partial charge is 0.294 e. The van der Waals surface area contributed by atoms with E-state index in [9.17, 15) is 4.79 Å². The van der Waals surface area contributed by atoms with Gasteiger partial charge in [-0.15, -0.1) is 0 Å². The van der Waals surface area contributed by atoms with Crippen molar-refractivity contribution in [2.45, 2.75) is 32.6 Å². The van der Waals surface area contributed by atoms with Crippen LogP contribution in [-0.2, 0) is 0 Å². The zero-order valence-corrected chi connectivity index (χ0v) is 9.15. The lowest BCUT2D eigenvalue weighted by Gasteiger charge is -2.24. The van der Waals surface area contributed by atoms with Gasteiger partial charge in [-0.05, 0) is 30.9 Å². The number of carbonyl (C=O) groups is 1. The van der Waals surface area contributed by atoms with Gasteiger partial charge in [-0.3, -0.25) is 9.78 Å². The van der Waals surface area contributed by atoms with E-state index in [1.165, 1.54) is 12.8 Å². The third-order valence-electron chi connectivity index (χ3n) is 3.35. The van der Waals surface area contributed by atoms with Crippen LogP contribution in [0.4, 0.5) is 0 Å². The van der Waals surface area contributed by atoms with Gasteiger partial charge in [-0.1, -0.05) is 19.8 Å². The Morgan fingerprint density at radius 2 is 1.80 bits per heavy atom. The van der Waals surface area contributed by atoms with Gasteiger partial charge in [0.05, 0.1) is 0 Å². The molecule has 2 heteroatoms. The minimum Gasteiger partial charge on any atom is -0.294 e. The van der Waals surface area contributed by atoms with Gasteiger partial charge >= 0.3 is 0 Å². The van der Waals surface area contributed by atoms with Crippen LogP contribution < -0.4 is 0 Å². The summed E-state index contributed by atoms with van der Waals surface area (Å²) >= 11 is 0. The van der Waals surface area contributed by atoms with Crippen LogP contribution >= 0.6 is 0 Å². The standard InChI is InChI=1S/C13H17NO/c1-10-2-4-11(5-3-10)13(15)12-6-8-14-9-7-12/h6-11H,2-5H2,1H3. The number of nitrogens with zero attached hydrogens (tertiary/aromatic N) is 1. The predicted octanol–water partition coefficient (Wildman–Crippen LogP) is 3.09. The van der Waals surface area contributed by atoms with E-state index in [2.05, 4.69) is 11.9 Å². The molecule has 1 aliphatic carbocycles. The highest BCUT2D eigenvalue weighted by Gasteiger charge is 2.24. The molecule has 1 aromatic rings. The number of pyridine rings is 1. The highest BCUT2D eigenvalue weighted by atomic mass is 16.1. The second-order valence-electron chi connectivity index (χ2n) is 4.56. The Balaban J connectivity index is 2.03. The predicted molar refractivity (Wildman–Crippen MR) is 59.7 cm³/mol. The molecule has 0 spiro atoms. The van der Waals surface area contributed by atoms with Crippen molar-refractivity contribution in [3.8, 4) is 0 Å². The molecule has 15 heavy (non-hydrogen) atoms. The average molecular weight is 203 g/mol. The molecule has 0 amide bonds. The third-order valence-corrected chi connectivity index (χ3v) is 3.35. The van der Waals surface area contributed by atoms with E-state index in [0.717, 1.165) is 24.3 Å². The number of rotatable bonds is 2. The van der Waals surface area contributed by atoms with Crippen LogP contribution in [0.25, 0.3) is 0 Å². The molecule has 0 N–H and O–H groups in total. The summed E-state index contributed by atoms with van der Waals surface area (Å²) in [6.07, 6.45) is 7.89. The van der Waals surface area contributed by atoms with Crippen molar-refractivity contribution >= 4 is 5.78 Å².